The SMILES string of the molecule is OC[C@H]1C=C[C@@H](NCc2sccc2Br)C1. The lowest BCUT2D eigenvalue weighted by atomic mass is 10.1. The van der Waals surface area contributed by atoms with Crippen molar-refractivity contribution in [1.82, 2.24) is 5.32 Å². The van der Waals surface area contributed by atoms with Gasteiger partial charge in [0.2, 0.25) is 0 Å². The highest BCUT2D eigenvalue weighted by Crippen LogP contribution is 2.23. The van der Waals surface area contributed by atoms with E-state index in [0.29, 0.717) is 12.0 Å². The third kappa shape index (κ3) is 2.91. The fourth-order valence-electron chi connectivity index (χ4n) is 1.74. The molecule has 1 aromatic rings. The van der Waals surface area contributed by atoms with E-state index in [9.17, 15) is 0 Å². The molecule has 1 heterocycles. The summed E-state index contributed by atoms with van der Waals surface area (Å²) in [5, 5.41) is 14.6. The van der Waals surface area contributed by atoms with Crippen LogP contribution in [0.25, 0.3) is 0 Å². The van der Waals surface area contributed by atoms with Gasteiger partial charge < -0.3 is 10.4 Å². The van der Waals surface area contributed by atoms with Crippen molar-refractivity contribution in [2.24, 2.45) is 5.92 Å². The Labute approximate surface area is 102 Å². The molecular weight excluding hydrogens is 274 g/mol. The molecule has 2 N–H and O–H groups in total. The first-order valence-corrected chi connectivity index (χ1v) is 6.71. The Balaban J connectivity index is 1.80. The van der Waals surface area contributed by atoms with Crippen molar-refractivity contribution >= 4 is 27.3 Å². The smallest absolute Gasteiger partial charge is 0.0494 e. The molecule has 1 aromatic heterocycles. The third-order valence-corrected chi connectivity index (χ3v) is 4.55. The van der Waals surface area contributed by atoms with Crippen LogP contribution in [-0.2, 0) is 6.54 Å². The van der Waals surface area contributed by atoms with Gasteiger partial charge in [-0.1, -0.05) is 12.2 Å². The van der Waals surface area contributed by atoms with Crippen LogP contribution in [0.2, 0.25) is 0 Å². The van der Waals surface area contributed by atoms with Gasteiger partial charge >= 0.3 is 0 Å². The molecule has 4 heteroatoms. The molecule has 1 aliphatic rings. The summed E-state index contributed by atoms with van der Waals surface area (Å²) in [4.78, 5) is 1.33. The molecular formula is C11H14BrNOS. The Morgan fingerprint density at radius 2 is 2.40 bits per heavy atom. The van der Waals surface area contributed by atoms with Crippen LogP contribution in [0.5, 0.6) is 0 Å². The molecule has 2 rings (SSSR count). The number of hydrogen-bond donors (Lipinski definition) is 2. The Morgan fingerprint density at radius 3 is 3.00 bits per heavy atom. The van der Waals surface area contributed by atoms with E-state index >= 15 is 0 Å². The van der Waals surface area contributed by atoms with Crippen LogP contribution in [0, 0.1) is 5.92 Å². The minimum atomic E-state index is 0.261. The third-order valence-electron chi connectivity index (χ3n) is 2.62. The maximum Gasteiger partial charge on any atom is 0.0494 e. The maximum absolute atomic E-state index is 9.00. The van der Waals surface area contributed by atoms with Gasteiger partial charge in [0, 0.05) is 34.5 Å². The number of hydrogen-bond acceptors (Lipinski definition) is 3. The van der Waals surface area contributed by atoms with Crippen molar-refractivity contribution in [1.29, 1.82) is 0 Å². The van der Waals surface area contributed by atoms with Gasteiger partial charge in [0.25, 0.3) is 0 Å². The second-order valence-corrected chi connectivity index (χ2v) is 5.60. The highest BCUT2D eigenvalue weighted by molar-refractivity contribution is 9.10. The van der Waals surface area contributed by atoms with Crippen molar-refractivity contribution in [3.05, 3.63) is 32.9 Å². The van der Waals surface area contributed by atoms with Crippen molar-refractivity contribution < 1.29 is 5.11 Å². The number of aliphatic hydroxyl groups is 1. The standard InChI is InChI=1S/C11H14BrNOS/c12-10-3-4-15-11(10)6-13-9-2-1-8(5-9)7-14/h1-4,8-9,13-14H,5-7H2/t8-,9+/m0/s1. The average Bonchev–Trinajstić information content (AvgIpc) is 2.84. The predicted octanol–water partition coefficient (Wildman–Crippen LogP) is 2.54. The lowest BCUT2D eigenvalue weighted by molar-refractivity contribution is 0.246. The van der Waals surface area contributed by atoms with Gasteiger partial charge in [0.05, 0.1) is 0 Å². The summed E-state index contributed by atoms with van der Waals surface area (Å²) in [7, 11) is 0. The lowest BCUT2D eigenvalue weighted by Gasteiger charge is -2.11. The Hall–Kier alpha value is -0.160. The fraction of sp³-hybridized carbons (Fsp3) is 0.455. The molecule has 2 atom stereocenters. The first kappa shape index (κ1) is 11.3. The summed E-state index contributed by atoms with van der Waals surface area (Å²) in [5.41, 5.74) is 0. The van der Waals surface area contributed by atoms with Crippen LogP contribution >= 0.6 is 27.3 Å². The van der Waals surface area contributed by atoms with Crippen LogP contribution < -0.4 is 5.32 Å². The van der Waals surface area contributed by atoms with Crippen molar-refractivity contribution in [3.8, 4) is 0 Å². The van der Waals surface area contributed by atoms with Gasteiger partial charge in [0.15, 0.2) is 0 Å². The van der Waals surface area contributed by atoms with Crippen molar-refractivity contribution in [3.63, 3.8) is 0 Å². The van der Waals surface area contributed by atoms with Crippen molar-refractivity contribution in [2.75, 3.05) is 6.61 Å². The minimum Gasteiger partial charge on any atom is -0.396 e. The van der Waals surface area contributed by atoms with Crippen molar-refractivity contribution in [2.45, 2.75) is 19.0 Å². The Bertz CT molecular complexity index is 350. The summed E-state index contributed by atoms with van der Waals surface area (Å²) in [6, 6.07) is 2.49. The highest BCUT2D eigenvalue weighted by atomic mass is 79.9. The van der Waals surface area contributed by atoms with Gasteiger partial charge in [-0.15, -0.1) is 11.3 Å². The molecule has 0 unspecified atom stereocenters. The topological polar surface area (TPSA) is 32.3 Å². The number of nitrogens with one attached hydrogen (secondary N) is 1. The Kier molecular flexibility index (Phi) is 3.97. The summed E-state index contributed by atoms with van der Waals surface area (Å²) >= 11 is 5.27. The van der Waals surface area contributed by atoms with E-state index in [1.54, 1.807) is 11.3 Å². The second-order valence-electron chi connectivity index (χ2n) is 3.74. The van der Waals surface area contributed by atoms with Crippen LogP contribution in [-0.4, -0.2) is 17.8 Å². The molecule has 0 amide bonds. The van der Waals surface area contributed by atoms with E-state index in [1.807, 2.05) is 0 Å². The van der Waals surface area contributed by atoms with E-state index in [-0.39, 0.29) is 6.61 Å². The first-order valence-electron chi connectivity index (χ1n) is 5.04. The maximum atomic E-state index is 9.00. The van der Waals surface area contributed by atoms with Crippen LogP contribution in [0.3, 0.4) is 0 Å². The number of thiophene rings is 1. The van der Waals surface area contributed by atoms with Crippen LogP contribution in [0.1, 0.15) is 11.3 Å². The molecule has 0 saturated carbocycles. The Morgan fingerprint density at radius 1 is 1.53 bits per heavy atom. The molecule has 0 bridgehead atoms. The molecule has 82 valence electrons. The molecule has 0 saturated heterocycles. The largest absolute Gasteiger partial charge is 0.396 e. The van der Waals surface area contributed by atoms with Crippen LogP contribution in [0.4, 0.5) is 0 Å². The zero-order valence-corrected chi connectivity index (χ0v) is 10.7. The van der Waals surface area contributed by atoms with Gasteiger partial charge in [-0.25, -0.2) is 0 Å². The summed E-state index contributed by atoms with van der Waals surface area (Å²) in [6.45, 7) is 1.16. The first-order chi connectivity index (χ1) is 7.29. The second kappa shape index (κ2) is 5.25. The summed E-state index contributed by atoms with van der Waals surface area (Å²) in [5.74, 6) is 0.342. The zero-order chi connectivity index (χ0) is 10.7. The average molecular weight is 288 g/mol. The molecule has 0 aromatic carbocycles. The molecule has 0 spiro atoms. The van der Waals surface area contributed by atoms with Gasteiger partial charge in [-0.3, -0.25) is 0 Å². The minimum absolute atomic E-state index is 0.261. The monoisotopic (exact) mass is 287 g/mol. The van der Waals surface area contributed by atoms with E-state index in [1.165, 1.54) is 9.35 Å². The normalized spacial score (nSPS) is 24.9. The van der Waals surface area contributed by atoms with E-state index in [4.69, 9.17) is 5.11 Å². The quantitative estimate of drug-likeness (QED) is 0.835. The summed E-state index contributed by atoms with van der Waals surface area (Å²) in [6.07, 6.45) is 5.27. The molecule has 1 aliphatic carbocycles. The molecule has 15 heavy (non-hydrogen) atoms. The van der Waals surface area contributed by atoms with Gasteiger partial charge in [-0.2, -0.15) is 0 Å². The molecule has 2 nitrogen and oxygen atoms in total. The van der Waals surface area contributed by atoms with E-state index in [2.05, 4.69) is 44.8 Å². The molecule has 0 radical (unpaired) electrons. The number of halogens is 1. The van der Waals surface area contributed by atoms with E-state index in [0.717, 1.165) is 13.0 Å². The zero-order valence-electron chi connectivity index (χ0n) is 8.32. The number of rotatable bonds is 4. The number of aliphatic hydroxyl groups excluding tert-OH is 1. The van der Waals surface area contributed by atoms with Gasteiger partial charge in [0.1, 0.15) is 0 Å². The van der Waals surface area contributed by atoms with E-state index < -0.39 is 0 Å². The fourth-order valence-corrected chi connectivity index (χ4v) is 3.18. The molecule has 0 fully saturated rings. The predicted molar refractivity (Wildman–Crippen MR) is 67.0 cm³/mol. The van der Waals surface area contributed by atoms with Crippen LogP contribution in [0.15, 0.2) is 28.1 Å². The summed E-state index contributed by atoms with van der Waals surface area (Å²) < 4.78 is 1.18. The molecule has 0 aliphatic heterocycles. The lowest BCUT2D eigenvalue weighted by Crippen LogP contribution is -2.25. The van der Waals surface area contributed by atoms with Gasteiger partial charge in [-0.05, 0) is 33.8 Å². The highest BCUT2D eigenvalue weighted by Gasteiger charge is 2.17.